The molecule has 38 heavy (non-hydrogen) atoms. The number of benzene rings is 3. The molecule has 0 fully saturated rings. The highest BCUT2D eigenvalue weighted by molar-refractivity contribution is 5.96. The van der Waals surface area contributed by atoms with Crippen LogP contribution in [-0.4, -0.2) is 27.3 Å². The van der Waals surface area contributed by atoms with Crippen molar-refractivity contribution in [2.75, 3.05) is 11.9 Å². The van der Waals surface area contributed by atoms with Gasteiger partial charge in [-0.15, -0.1) is 0 Å². The van der Waals surface area contributed by atoms with Gasteiger partial charge in [0.25, 0.3) is 5.91 Å². The van der Waals surface area contributed by atoms with Crippen LogP contribution in [-0.2, 0) is 17.9 Å². The molecule has 0 radical (unpaired) electrons. The fourth-order valence-electron chi connectivity index (χ4n) is 4.61. The van der Waals surface area contributed by atoms with Gasteiger partial charge < -0.3 is 20.1 Å². The Kier molecular flexibility index (Phi) is 7.40. The quantitative estimate of drug-likeness (QED) is 0.324. The Balaban J connectivity index is 1.45. The molecule has 2 N–H and O–H groups in total. The van der Waals surface area contributed by atoms with Gasteiger partial charge in [0.1, 0.15) is 19.0 Å². The van der Waals surface area contributed by atoms with Gasteiger partial charge in [-0.1, -0.05) is 66.2 Å². The van der Waals surface area contributed by atoms with Crippen LogP contribution in [0.5, 0.6) is 11.5 Å². The van der Waals surface area contributed by atoms with Crippen molar-refractivity contribution >= 4 is 11.9 Å². The molecule has 1 aliphatic heterocycles. The number of carbonyl (C=O) groups excluding carboxylic acids is 1. The van der Waals surface area contributed by atoms with Crippen molar-refractivity contribution < 1.29 is 14.3 Å². The topological polar surface area (TPSA) is 90.3 Å². The van der Waals surface area contributed by atoms with Crippen LogP contribution in [0.3, 0.4) is 0 Å². The van der Waals surface area contributed by atoms with Gasteiger partial charge in [-0.25, -0.2) is 4.68 Å². The minimum atomic E-state index is -0.491. The summed E-state index contributed by atoms with van der Waals surface area (Å²) in [4.78, 5) is 17.9. The van der Waals surface area contributed by atoms with Crippen LogP contribution in [0.15, 0.2) is 90.4 Å². The molecule has 0 saturated heterocycles. The number of nitrogens with zero attached hydrogens (tertiary/aromatic N) is 3. The molecule has 0 unspecified atom stereocenters. The number of nitrogens with one attached hydrogen (secondary N) is 2. The molecule has 2 heterocycles. The fraction of sp³-hybridized carbons (Fsp3) is 0.233. The molecule has 8 nitrogen and oxygen atoms in total. The Labute approximate surface area is 222 Å². The molecule has 0 saturated carbocycles. The number of aromatic nitrogens is 3. The Morgan fingerprint density at radius 1 is 0.974 bits per heavy atom. The third-order valence-electron chi connectivity index (χ3n) is 6.40. The molecule has 5 rings (SSSR count). The predicted octanol–water partition coefficient (Wildman–Crippen LogP) is 5.17. The van der Waals surface area contributed by atoms with E-state index < -0.39 is 6.04 Å². The summed E-state index contributed by atoms with van der Waals surface area (Å²) in [6, 6.07) is 23.3. The predicted molar refractivity (Wildman–Crippen MR) is 146 cm³/mol. The van der Waals surface area contributed by atoms with Crippen molar-refractivity contribution in [1.29, 1.82) is 0 Å². The van der Waals surface area contributed by atoms with Gasteiger partial charge in [0, 0.05) is 12.2 Å². The molecule has 8 heteroatoms. The summed E-state index contributed by atoms with van der Waals surface area (Å²) >= 11 is 0. The Morgan fingerprint density at radius 3 is 2.58 bits per heavy atom. The summed E-state index contributed by atoms with van der Waals surface area (Å²) in [7, 11) is 0. The lowest BCUT2D eigenvalue weighted by Crippen LogP contribution is -2.34. The number of hydrogen-bond acceptors (Lipinski definition) is 6. The highest BCUT2D eigenvalue weighted by Gasteiger charge is 2.34. The van der Waals surface area contributed by atoms with Crippen LogP contribution in [0.4, 0.5) is 5.95 Å². The molecule has 1 atom stereocenters. The van der Waals surface area contributed by atoms with E-state index in [0.29, 0.717) is 42.8 Å². The molecular weight excluding hydrogens is 478 g/mol. The second kappa shape index (κ2) is 11.2. The van der Waals surface area contributed by atoms with E-state index in [9.17, 15) is 4.79 Å². The number of rotatable bonds is 9. The number of ether oxygens (including phenoxy) is 2. The van der Waals surface area contributed by atoms with Crippen LogP contribution in [0.1, 0.15) is 42.1 Å². The number of aryl methyl sites for hydroxylation is 1. The van der Waals surface area contributed by atoms with Crippen LogP contribution < -0.4 is 20.1 Å². The zero-order chi connectivity index (χ0) is 26.5. The first-order valence-electron chi connectivity index (χ1n) is 12.7. The van der Waals surface area contributed by atoms with Crippen molar-refractivity contribution in [3.05, 3.63) is 113 Å². The van der Waals surface area contributed by atoms with Crippen molar-refractivity contribution in [3.8, 4) is 11.5 Å². The van der Waals surface area contributed by atoms with Crippen molar-refractivity contribution in [1.82, 2.24) is 20.1 Å². The SMILES string of the molecule is CCOc1cc([C@H]2C(C(=O)NCc3ccccc3)=C(C)Nc3ncnn32)ccc1OCc1cccc(C)c1. The fourth-order valence-corrected chi connectivity index (χ4v) is 4.61. The van der Waals surface area contributed by atoms with Crippen LogP contribution in [0.25, 0.3) is 0 Å². The van der Waals surface area contributed by atoms with Crippen LogP contribution in [0, 0.1) is 6.92 Å². The first kappa shape index (κ1) is 25.1. The van der Waals surface area contributed by atoms with E-state index in [0.717, 1.165) is 22.4 Å². The molecular formula is C30H31N5O3. The van der Waals surface area contributed by atoms with E-state index in [4.69, 9.17) is 9.47 Å². The standard InChI is InChI=1S/C30H31N5O3/c1-4-37-26-16-24(13-14-25(26)38-18-23-12-8-9-20(2)15-23)28-27(21(3)34-30-32-19-33-35(28)30)29(36)31-17-22-10-6-5-7-11-22/h5-16,19,28H,4,17-18H2,1-3H3,(H,31,36)(H,32,33,34)/t28-/m0/s1. The number of fused-ring (bicyclic) bond motifs is 1. The smallest absolute Gasteiger partial charge is 0.251 e. The molecule has 0 aliphatic carbocycles. The minimum absolute atomic E-state index is 0.178. The van der Waals surface area contributed by atoms with Crippen molar-refractivity contribution in [3.63, 3.8) is 0 Å². The maximum Gasteiger partial charge on any atom is 0.251 e. The highest BCUT2D eigenvalue weighted by Crippen LogP contribution is 2.38. The average Bonchev–Trinajstić information content (AvgIpc) is 3.39. The molecule has 0 bridgehead atoms. The van der Waals surface area contributed by atoms with Crippen LogP contribution >= 0.6 is 0 Å². The molecule has 0 spiro atoms. The average molecular weight is 510 g/mol. The summed E-state index contributed by atoms with van der Waals surface area (Å²) in [6.07, 6.45) is 1.48. The van der Waals surface area contributed by atoms with Crippen LogP contribution in [0.2, 0.25) is 0 Å². The lowest BCUT2D eigenvalue weighted by atomic mass is 9.94. The van der Waals surface area contributed by atoms with Gasteiger partial charge in [-0.2, -0.15) is 10.1 Å². The van der Waals surface area contributed by atoms with E-state index in [1.165, 1.54) is 11.9 Å². The van der Waals surface area contributed by atoms with Gasteiger partial charge in [0.05, 0.1) is 12.2 Å². The summed E-state index contributed by atoms with van der Waals surface area (Å²) < 4.78 is 13.8. The Hall–Kier alpha value is -4.59. The number of hydrogen-bond donors (Lipinski definition) is 2. The molecule has 3 aromatic carbocycles. The van der Waals surface area contributed by atoms with Crippen molar-refractivity contribution in [2.45, 2.75) is 40.0 Å². The maximum absolute atomic E-state index is 13.5. The van der Waals surface area contributed by atoms with E-state index in [1.54, 1.807) is 4.68 Å². The van der Waals surface area contributed by atoms with Gasteiger partial charge in [0.15, 0.2) is 11.5 Å². The summed E-state index contributed by atoms with van der Waals surface area (Å²) in [5.74, 6) is 1.65. The monoisotopic (exact) mass is 509 g/mol. The van der Waals surface area contributed by atoms with Gasteiger partial charge in [0.2, 0.25) is 5.95 Å². The van der Waals surface area contributed by atoms with Gasteiger partial charge in [-0.3, -0.25) is 4.79 Å². The molecule has 1 aromatic heterocycles. The molecule has 194 valence electrons. The second-order valence-corrected chi connectivity index (χ2v) is 9.18. The maximum atomic E-state index is 13.5. The highest BCUT2D eigenvalue weighted by atomic mass is 16.5. The van der Waals surface area contributed by atoms with Crippen molar-refractivity contribution in [2.24, 2.45) is 0 Å². The zero-order valence-corrected chi connectivity index (χ0v) is 21.8. The Morgan fingerprint density at radius 2 is 1.79 bits per heavy atom. The summed E-state index contributed by atoms with van der Waals surface area (Å²) in [5, 5.41) is 10.7. The molecule has 4 aromatic rings. The first-order valence-corrected chi connectivity index (χ1v) is 12.7. The van der Waals surface area contributed by atoms with E-state index >= 15 is 0 Å². The molecule has 1 amide bonds. The third kappa shape index (κ3) is 5.39. The first-order chi connectivity index (χ1) is 18.5. The minimum Gasteiger partial charge on any atom is -0.490 e. The number of allylic oxidation sites excluding steroid dienone is 1. The number of carbonyl (C=O) groups is 1. The lowest BCUT2D eigenvalue weighted by Gasteiger charge is -2.29. The third-order valence-corrected chi connectivity index (χ3v) is 6.40. The number of anilines is 1. The summed E-state index contributed by atoms with van der Waals surface area (Å²) in [5.41, 5.74) is 5.41. The van der Waals surface area contributed by atoms with E-state index in [2.05, 4.69) is 39.8 Å². The van der Waals surface area contributed by atoms with E-state index in [-0.39, 0.29) is 5.91 Å². The zero-order valence-electron chi connectivity index (χ0n) is 21.8. The van der Waals surface area contributed by atoms with Gasteiger partial charge >= 0.3 is 0 Å². The lowest BCUT2D eigenvalue weighted by molar-refractivity contribution is -0.118. The van der Waals surface area contributed by atoms with E-state index in [1.807, 2.05) is 74.5 Å². The van der Waals surface area contributed by atoms with Gasteiger partial charge in [-0.05, 0) is 49.6 Å². The second-order valence-electron chi connectivity index (χ2n) is 9.18. The normalized spacial score (nSPS) is 14.4. The molecule has 1 aliphatic rings. The Bertz CT molecular complexity index is 1460. The number of amides is 1. The largest absolute Gasteiger partial charge is 0.490 e. The summed E-state index contributed by atoms with van der Waals surface area (Å²) in [6.45, 7) is 7.20.